The summed E-state index contributed by atoms with van der Waals surface area (Å²) in [5, 5.41) is 9.46. The van der Waals surface area contributed by atoms with Gasteiger partial charge in [0.2, 0.25) is 0 Å². The minimum Gasteiger partial charge on any atom is -0.497 e. The summed E-state index contributed by atoms with van der Waals surface area (Å²) in [7, 11) is 1.63. The molecule has 0 radical (unpaired) electrons. The number of aryl methyl sites for hydroxylation is 1. The number of nitrogens with zero attached hydrogens (tertiary/aromatic N) is 1. The van der Waals surface area contributed by atoms with Crippen LogP contribution in [0.4, 0.5) is 0 Å². The number of rotatable bonds is 1. The van der Waals surface area contributed by atoms with E-state index in [-0.39, 0.29) is 18.0 Å². The van der Waals surface area contributed by atoms with Gasteiger partial charge in [-0.1, -0.05) is 6.07 Å². The quantitative estimate of drug-likeness (QED) is 0.743. The molecule has 0 aliphatic carbocycles. The molecule has 0 saturated carbocycles. The van der Waals surface area contributed by atoms with E-state index < -0.39 is 0 Å². The summed E-state index contributed by atoms with van der Waals surface area (Å²) in [5.74, 6) is 0.476. The molecule has 1 aliphatic heterocycles. The number of methoxy groups -OCH3 is 1. The fourth-order valence-corrected chi connectivity index (χ4v) is 2.72. The Morgan fingerprint density at radius 2 is 2.14 bits per heavy atom. The smallest absolute Gasteiger partial charge is 0.306 e. The van der Waals surface area contributed by atoms with E-state index in [2.05, 4.69) is 6.07 Å². The van der Waals surface area contributed by atoms with Crippen LogP contribution >= 0.6 is 0 Å². The Morgan fingerprint density at radius 3 is 2.86 bits per heavy atom. The van der Waals surface area contributed by atoms with Gasteiger partial charge in [0.25, 0.3) is 0 Å². The lowest BCUT2D eigenvalue weighted by Gasteiger charge is -2.16. The topological polar surface area (TPSA) is 59.3 Å². The number of ether oxygens (including phenoxy) is 2. The van der Waals surface area contributed by atoms with Crippen molar-refractivity contribution in [2.24, 2.45) is 0 Å². The van der Waals surface area contributed by atoms with Gasteiger partial charge < -0.3 is 9.47 Å². The largest absolute Gasteiger partial charge is 0.497 e. The molecule has 2 atom stereocenters. The predicted octanol–water partition coefficient (Wildman–Crippen LogP) is 3.35. The first kappa shape index (κ1) is 15.4. The summed E-state index contributed by atoms with van der Waals surface area (Å²) in [6, 6.07) is 8.24. The Bertz CT molecular complexity index is 547. The van der Waals surface area contributed by atoms with E-state index in [1.807, 2.05) is 25.1 Å². The number of cyclic esters (lactones) is 1. The van der Waals surface area contributed by atoms with Crippen LogP contribution in [0, 0.1) is 11.3 Å². The van der Waals surface area contributed by atoms with E-state index in [1.54, 1.807) is 7.11 Å². The van der Waals surface area contributed by atoms with Crippen molar-refractivity contribution in [3.8, 4) is 11.8 Å². The van der Waals surface area contributed by atoms with Crippen LogP contribution in [0.2, 0.25) is 0 Å². The van der Waals surface area contributed by atoms with Gasteiger partial charge in [-0.15, -0.1) is 0 Å². The molecule has 0 saturated heterocycles. The van der Waals surface area contributed by atoms with Crippen molar-refractivity contribution >= 4 is 5.97 Å². The summed E-state index contributed by atoms with van der Waals surface area (Å²) in [6.45, 7) is 1.89. The number of carbonyl (C=O) groups is 1. The van der Waals surface area contributed by atoms with Crippen molar-refractivity contribution in [3.63, 3.8) is 0 Å². The third-order valence-electron chi connectivity index (χ3n) is 3.90. The molecule has 2 rings (SSSR count). The van der Waals surface area contributed by atoms with Crippen LogP contribution in [0.15, 0.2) is 18.2 Å². The van der Waals surface area contributed by atoms with E-state index in [4.69, 9.17) is 9.47 Å². The highest BCUT2D eigenvalue weighted by Crippen LogP contribution is 2.30. The second-order valence-electron chi connectivity index (χ2n) is 5.48. The van der Waals surface area contributed by atoms with Crippen LogP contribution in [-0.4, -0.2) is 19.2 Å². The predicted molar refractivity (Wildman–Crippen MR) is 79.1 cm³/mol. The minimum atomic E-state index is -0.162. The fraction of sp³-hybridized carbons (Fsp3) is 0.529. The highest BCUT2D eigenvalue weighted by Gasteiger charge is 2.20. The summed E-state index contributed by atoms with van der Waals surface area (Å²) in [6.07, 6.45) is 3.17. The van der Waals surface area contributed by atoms with E-state index in [9.17, 15) is 10.1 Å². The van der Waals surface area contributed by atoms with Gasteiger partial charge in [0.05, 0.1) is 25.2 Å². The first-order valence-electron chi connectivity index (χ1n) is 7.40. The van der Waals surface area contributed by atoms with E-state index in [0.29, 0.717) is 19.3 Å². The molecule has 1 heterocycles. The molecule has 4 nitrogen and oxygen atoms in total. The molecule has 112 valence electrons. The van der Waals surface area contributed by atoms with Crippen molar-refractivity contribution in [1.29, 1.82) is 5.26 Å². The lowest BCUT2D eigenvalue weighted by atomic mass is 9.89. The molecular weight excluding hydrogens is 266 g/mol. The van der Waals surface area contributed by atoms with Crippen LogP contribution in [0.3, 0.4) is 0 Å². The Morgan fingerprint density at radius 1 is 1.33 bits per heavy atom. The van der Waals surface area contributed by atoms with Gasteiger partial charge in [0.1, 0.15) is 5.75 Å². The Hall–Kier alpha value is -2.02. The van der Waals surface area contributed by atoms with Crippen molar-refractivity contribution in [2.45, 2.75) is 51.0 Å². The molecule has 4 heteroatoms. The Kier molecular flexibility index (Phi) is 5.21. The third kappa shape index (κ3) is 3.98. The second kappa shape index (κ2) is 7.12. The highest BCUT2D eigenvalue weighted by molar-refractivity contribution is 5.69. The molecule has 21 heavy (non-hydrogen) atoms. The molecule has 0 amide bonds. The van der Waals surface area contributed by atoms with Crippen molar-refractivity contribution in [1.82, 2.24) is 0 Å². The number of nitriles is 1. The first-order chi connectivity index (χ1) is 10.1. The maximum Gasteiger partial charge on any atom is 0.306 e. The monoisotopic (exact) mass is 287 g/mol. The summed E-state index contributed by atoms with van der Waals surface area (Å²) < 4.78 is 10.6. The molecule has 1 aromatic carbocycles. The van der Waals surface area contributed by atoms with Crippen LogP contribution in [-0.2, 0) is 16.0 Å². The van der Waals surface area contributed by atoms with E-state index in [0.717, 1.165) is 29.7 Å². The molecule has 1 aromatic rings. The van der Waals surface area contributed by atoms with Crippen LogP contribution in [0.1, 0.15) is 49.7 Å². The molecule has 1 aliphatic rings. The van der Waals surface area contributed by atoms with Gasteiger partial charge in [0.15, 0.2) is 0 Å². The standard InChI is InChI=1S/C17H21NO3/c1-12-6-7-14(11-18)16-9-8-15(20-2)10-13(16)4-3-5-17(19)21-12/h8-10,12,14H,3-7H2,1-2H3. The van der Waals surface area contributed by atoms with Gasteiger partial charge in [-0.05, 0) is 55.9 Å². The molecule has 2 unspecified atom stereocenters. The molecule has 0 bridgehead atoms. The normalized spacial score (nSPS) is 23.2. The summed E-state index contributed by atoms with van der Waals surface area (Å²) >= 11 is 0. The zero-order valence-corrected chi connectivity index (χ0v) is 12.6. The van der Waals surface area contributed by atoms with Crippen LogP contribution in [0.25, 0.3) is 0 Å². The molecule has 0 N–H and O–H groups in total. The van der Waals surface area contributed by atoms with Gasteiger partial charge in [-0.3, -0.25) is 4.79 Å². The summed E-state index contributed by atoms with van der Waals surface area (Å²) in [4.78, 5) is 11.7. The lowest BCUT2D eigenvalue weighted by molar-refractivity contribution is -0.148. The maximum absolute atomic E-state index is 11.7. The van der Waals surface area contributed by atoms with Gasteiger partial charge in [0, 0.05) is 6.42 Å². The summed E-state index contributed by atoms with van der Waals surface area (Å²) in [5.41, 5.74) is 2.16. The molecule has 0 spiro atoms. The van der Waals surface area contributed by atoms with Crippen LogP contribution in [0.5, 0.6) is 5.75 Å². The zero-order chi connectivity index (χ0) is 15.2. The number of hydrogen-bond donors (Lipinski definition) is 0. The maximum atomic E-state index is 11.7. The average Bonchev–Trinajstić information content (AvgIpc) is 2.50. The Balaban J connectivity index is 2.32. The SMILES string of the molecule is COc1ccc2c(c1)CCCC(=O)OC(C)CCC2C#N. The van der Waals surface area contributed by atoms with Crippen molar-refractivity contribution in [2.75, 3.05) is 7.11 Å². The van der Waals surface area contributed by atoms with Gasteiger partial charge in [-0.2, -0.15) is 5.26 Å². The van der Waals surface area contributed by atoms with Gasteiger partial charge >= 0.3 is 5.97 Å². The minimum absolute atomic E-state index is 0.131. The second-order valence-corrected chi connectivity index (χ2v) is 5.48. The molecule has 0 fully saturated rings. The molecular formula is C17H21NO3. The number of fused-ring (bicyclic) bond motifs is 1. The number of carbonyl (C=O) groups excluding carboxylic acids is 1. The van der Waals surface area contributed by atoms with Gasteiger partial charge in [-0.25, -0.2) is 0 Å². The number of hydrogen-bond acceptors (Lipinski definition) is 4. The van der Waals surface area contributed by atoms with Crippen LogP contribution < -0.4 is 4.74 Å². The van der Waals surface area contributed by atoms with Crippen molar-refractivity contribution in [3.05, 3.63) is 29.3 Å². The Labute approximate surface area is 125 Å². The first-order valence-corrected chi connectivity index (χ1v) is 7.40. The fourth-order valence-electron chi connectivity index (χ4n) is 2.72. The lowest BCUT2D eigenvalue weighted by Crippen LogP contribution is -2.15. The van der Waals surface area contributed by atoms with E-state index in [1.165, 1.54) is 0 Å². The highest BCUT2D eigenvalue weighted by atomic mass is 16.5. The van der Waals surface area contributed by atoms with Crippen molar-refractivity contribution < 1.29 is 14.3 Å². The zero-order valence-electron chi connectivity index (χ0n) is 12.6. The van der Waals surface area contributed by atoms with E-state index >= 15 is 0 Å². The number of benzene rings is 1. The average molecular weight is 287 g/mol. The molecule has 0 aromatic heterocycles. The third-order valence-corrected chi connectivity index (χ3v) is 3.90. The number of esters is 1.